The van der Waals surface area contributed by atoms with Gasteiger partial charge >= 0.3 is 0 Å². The number of nitrogens with zero attached hydrogens (tertiary/aromatic N) is 1. The molecular formula is C46H27NS2. The number of hydrogen-bond acceptors (Lipinski definition) is 3. The van der Waals surface area contributed by atoms with Gasteiger partial charge < -0.3 is 0 Å². The van der Waals surface area contributed by atoms with Crippen molar-refractivity contribution < 1.29 is 0 Å². The highest BCUT2D eigenvalue weighted by molar-refractivity contribution is 7.27. The van der Waals surface area contributed by atoms with Gasteiger partial charge in [-0.2, -0.15) is 0 Å². The van der Waals surface area contributed by atoms with Gasteiger partial charge in [-0.3, -0.25) is 0 Å². The largest absolute Gasteiger partial charge is 0.247 e. The van der Waals surface area contributed by atoms with Gasteiger partial charge in [-0.1, -0.05) is 121 Å². The van der Waals surface area contributed by atoms with E-state index in [1.807, 2.05) is 22.7 Å². The molecule has 0 N–H and O–H groups in total. The van der Waals surface area contributed by atoms with Crippen molar-refractivity contribution in [1.82, 2.24) is 0 Å². The van der Waals surface area contributed by atoms with Crippen LogP contribution in [0.15, 0.2) is 175 Å². The lowest BCUT2D eigenvalue weighted by molar-refractivity contribution is 1.49. The number of hydrogen-bond donors (Lipinski definition) is 0. The van der Waals surface area contributed by atoms with Gasteiger partial charge in [0.25, 0.3) is 0 Å². The van der Waals surface area contributed by atoms with Crippen molar-refractivity contribution in [2.24, 2.45) is 4.99 Å². The van der Waals surface area contributed by atoms with E-state index >= 15 is 0 Å². The smallest absolute Gasteiger partial charge is 0.0786 e. The third-order valence-corrected chi connectivity index (χ3v) is 11.8. The minimum atomic E-state index is 0.890. The summed E-state index contributed by atoms with van der Waals surface area (Å²) in [5.74, 6) is 0. The van der Waals surface area contributed by atoms with Crippen LogP contribution in [0.1, 0.15) is 16.7 Å². The molecular weight excluding hydrogens is 631 g/mol. The molecule has 9 aromatic rings. The Hall–Kier alpha value is -5.83. The third-order valence-electron chi connectivity index (χ3n) is 9.49. The Balaban J connectivity index is 1.18. The topological polar surface area (TPSA) is 12.4 Å². The predicted octanol–water partition coefficient (Wildman–Crippen LogP) is 13.3. The molecule has 0 radical (unpaired) electrons. The summed E-state index contributed by atoms with van der Waals surface area (Å²) in [4.78, 5) is 5.35. The van der Waals surface area contributed by atoms with Crippen LogP contribution in [-0.2, 0) is 0 Å². The van der Waals surface area contributed by atoms with Crippen LogP contribution in [-0.4, -0.2) is 5.71 Å². The number of aliphatic imine (C=N–C) groups is 1. The Morgan fingerprint density at radius 1 is 0.469 bits per heavy atom. The Labute approximate surface area is 291 Å². The molecule has 0 amide bonds. The zero-order chi connectivity index (χ0) is 32.3. The maximum Gasteiger partial charge on any atom is 0.0786 e. The van der Waals surface area contributed by atoms with Gasteiger partial charge in [-0.05, 0) is 63.9 Å². The highest BCUT2D eigenvalue weighted by atomic mass is 32.1. The second kappa shape index (κ2) is 11.4. The highest BCUT2D eigenvalue weighted by Crippen LogP contribution is 2.44. The summed E-state index contributed by atoms with van der Waals surface area (Å²) in [5.41, 5.74) is 12.3. The third kappa shape index (κ3) is 4.71. The molecule has 228 valence electrons. The molecule has 0 saturated heterocycles. The SMILES string of the molecule is C1=CC(c2cccc(-c3cc4ccccc4c4sc5ccccc5c34)c2)=NC(c2ccccc2)=CC=1c1cccc2sc3ccccc3c12. The van der Waals surface area contributed by atoms with Crippen LogP contribution in [0.3, 0.4) is 0 Å². The monoisotopic (exact) mass is 657 g/mol. The van der Waals surface area contributed by atoms with E-state index in [9.17, 15) is 0 Å². The van der Waals surface area contributed by atoms with E-state index < -0.39 is 0 Å². The molecule has 7 aromatic carbocycles. The van der Waals surface area contributed by atoms with E-state index in [2.05, 4.69) is 170 Å². The molecule has 0 spiro atoms. The van der Waals surface area contributed by atoms with Crippen LogP contribution in [0.25, 0.3) is 73.5 Å². The molecule has 0 bridgehead atoms. The van der Waals surface area contributed by atoms with Crippen LogP contribution in [0, 0.1) is 0 Å². The summed E-state index contributed by atoms with van der Waals surface area (Å²) in [6.45, 7) is 0. The molecule has 10 rings (SSSR count). The van der Waals surface area contributed by atoms with Crippen molar-refractivity contribution >= 4 is 90.8 Å². The van der Waals surface area contributed by atoms with Crippen molar-refractivity contribution in [3.63, 3.8) is 0 Å². The fourth-order valence-corrected chi connectivity index (χ4v) is 9.61. The van der Waals surface area contributed by atoms with Crippen LogP contribution in [0.4, 0.5) is 0 Å². The van der Waals surface area contributed by atoms with E-state index in [0.29, 0.717) is 0 Å². The van der Waals surface area contributed by atoms with Gasteiger partial charge in [-0.15, -0.1) is 28.4 Å². The highest BCUT2D eigenvalue weighted by Gasteiger charge is 2.17. The van der Waals surface area contributed by atoms with E-state index in [1.54, 1.807) is 0 Å². The van der Waals surface area contributed by atoms with Gasteiger partial charge in [-0.25, -0.2) is 4.99 Å². The van der Waals surface area contributed by atoms with Crippen molar-refractivity contribution in [1.29, 1.82) is 0 Å². The van der Waals surface area contributed by atoms with Crippen LogP contribution >= 0.6 is 22.7 Å². The van der Waals surface area contributed by atoms with Gasteiger partial charge in [0.15, 0.2) is 0 Å². The van der Waals surface area contributed by atoms with Crippen LogP contribution in [0.2, 0.25) is 0 Å². The molecule has 3 heteroatoms. The van der Waals surface area contributed by atoms with Gasteiger partial charge in [0.1, 0.15) is 0 Å². The summed E-state index contributed by atoms with van der Waals surface area (Å²) in [6.07, 6.45) is 4.28. The van der Waals surface area contributed by atoms with Gasteiger partial charge in [0, 0.05) is 63.1 Å². The summed E-state index contributed by atoms with van der Waals surface area (Å²) in [6, 6.07) is 54.5. The summed E-state index contributed by atoms with van der Waals surface area (Å²) >= 11 is 3.73. The summed E-state index contributed by atoms with van der Waals surface area (Å²) < 4.78 is 5.23. The zero-order valence-electron chi connectivity index (χ0n) is 26.4. The van der Waals surface area contributed by atoms with E-state index in [0.717, 1.165) is 28.1 Å². The summed E-state index contributed by atoms with van der Waals surface area (Å²) in [5, 5.41) is 7.73. The fourth-order valence-electron chi connectivity index (χ4n) is 7.21. The second-order valence-corrected chi connectivity index (χ2v) is 14.5. The molecule has 3 heterocycles. The van der Waals surface area contributed by atoms with E-state index in [-0.39, 0.29) is 0 Å². The van der Waals surface area contributed by atoms with Crippen molar-refractivity contribution in [3.05, 3.63) is 186 Å². The zero-order valence-corrected chi connectivity index (χ0v) is 28.0. The molecule has 49 heavy (non-hydrogen) atoms. The first-order chi connectivity index (χ1) is 24.3. The molecule has 1 aliphatic rings. The standard InChI is InChI=1S/C46H27NS2/c1-2-12-29(13-3-1)40-28-32(34-20-11-23-43-44(34)36-18-6-8-21-41(36)48-43)24-25-39(47-40)33-16-10-15-30(26-33)38-27-31-14-4-5-17-35(31)46-45(38)37-19-7-9-22-42(37)49-46/h1-23,25-28H. The molecule has 0 atom stereocenters. The lowest BCUT2D eigenvalue weighted by atomic mass is 9.94. The number of thiophene rings is 2. The molecule has 0 saturated carbocycles. The fraction of sp³-hybridized carbons (Fsp3) is 0. The average Bonchev–Trinajstić information content (AvgIpc) is 3.66. The Bertz CT molecular complexity index is 2910. The van der Waals surface area contributed by atoms with E-state index in [4.69, 9.17) is 4.99 Å². The minimum absolute atomic E-state index is 0.890. The Morgan fingerprint density at radius 3 is 1.98 bits per heavy atom. The number of benzene rings is 7. The Kier molecular flexibility index (Phi) is 6.56. The van der Waals surface area contributed by atoms with Crippen LogP contribution in [0.5, 0.6) is 0 Å². The lowest BCUT2D eigenvalue weighted by Crippen LogP contribution is -1.97. The average molecular weight is 658 g/mol. The van der Waals surface area contributed by atoms with Crippen LogP contribution < -0.4 is 0 Å². The summed E-state index contributed by atoms with van der Waals surface area (Å²) in [7, 11) is 0. The number of fused-ring (bicyclic) bond motifs is 8. The molecule has 0 unspecified atom stereocenters. The first kappa shape index (κ1) is 28.2. The first-order valence-electron chi connectivity index (χ1n) is 16.5. The van der Waals surface area contributed by atoms with Crippen molar-refractivity contribution in [2.45, 2.75) is 0 Å². The lowest BCUT2D eigenvalue weighted by Gasteiger charge is -2.11. The molecule has 2 aromatic heterocycles. The first-order valence-corrected chi connectivity index (χ1v) is 18.1. The quantitative estimate of drug-likeness (QED) is 0.167. The van der Waals surface area contributed by atoms with Crippen molar-refractivity contribution in [3.8, 4) is 11.1 Å². The normalized spacial score (nSPS) is 13.3. The molecule has 0 fully saturated rings. The maximum absolute atomic E-state index is 5.35. The minimum Gasteiger partial charge on any atom is -0.247 e. The number of rotatable bonds is 4. The molecule has 1 aliphatic heterocycles. The predicted molar refractivity (Wildman–Crippen MR) is 214 cm³/mol. The van der Waals surface area contributed by atoms with E-state index in [1.165, 1.54) is 67.8 Å². The molecule has 0 aliphatic carbocycles. The van der Waals surface area contributed by atoms with Gasteiger partial charge in [0.2, 0.25) is 0 Å². The molecule has 1 nitrogen and oxygen atoms in total. The van der Waals surface area contributed by atoms with Crippen molar-refractivity contribution in [2.75, 3.05) is 0 Å². The number of allylic oxidation sites excluding steroid dienone is 2. The maximum atomic E-state index is 5.35. The van der Waals surface area contributed by atoms with Gasteiger partial charge in [0.05, 0.1) is 11.4 Å². The Morgan fingerprint density at radius 2 is 1.12 bits per heavy atom. The second-order valence-electron chi connectivity index (χ2n) is 12.4.